The number of rotatable bonds is 2. The smallest absolute Gasteiger partial charge is 0.243 e. The maximum Gasteiger partial charge on any atom is 0.243 e. The van der Waals surface area contributed by atoms with E-state index in [4.69, 9.17) is 5.73 Å². The lowest BCUT2D eigenvalue weighted by Crippen LogP contribution is -2.42. The summed E-state index contributed by atoms with van der Waals surface area (Å²) in [6.07, 6.45) is 1.43. The summed E-state index contributed by atoms with van der Waals surface area (Å²) in [4.78, 5) is 13.7. The average molecular weight is 220 g/mol. The molecular weight excluding hydrogens is 204 g/mol. The van der Waals surface area contributed by atoms with Gasteiger partial charge in [-0.2, -0.15) is 0 Å². The fourth-order valence-corrected chi connectivity index (χ4v) is 1.99. The van der Waals surface area contributed by atoms with Crippen LogP contribution in [0, 0.1) is 0 Å². The Morgan fingerprint density at radius 2 is 2.38 bits per heavy atom. The van der Waals surface area contributed by atoms with Gasteiger partial charge in [-0.15, -0.1) is 0 Å². The van der Waals surface area contributed by atoms with Crippen LogP contribution >= 0.6 is 0 Å². The molecule has 1 aromatic carbocycles. The number of phenolic OH excluding ortho intramolecular Hbond substituents is 1. The fraction of sp³-hybridized carbons (Fsp3) is 0.417. The Morgan fingerprint density at radius 3 is 3.06 bits per heavy atom. The van der Waals surface area contributed by atoms with E-state index >= 15 is 0 Å². The number of carbonyl (C=O) groups is 1. The number of hydrogen-bond acceptors (Lipinski definition) is 3. The molecular formula is C12H16N2O2. The van der Waals surface area contributed by atoms with Crippen molar-refractivity contribution in [1.29, 1.82) is 0 Å². The minimum Gasteiger partial charge on any atom is -0.508 e. The number of fused-ring (bicyclic) bond motifs is 1. The van der Waals surface area contributed by atoms with Crippen molar-refractivity contribution < 1.29 is 9.90 Å². The zero-order valence-corrected chi connectivity index (χ0v) is 9.31. The van der Waals surface area contributed by atoms with E-state index in [1.54, 1.807) is 23.1 Å². The molecule has 0 radical (unpaired) electrons. The second-order valence-electron chi connectivity index (χ2n) is 4.07. The lowest BCUT2D eigenvalue weighted by atomic mass is 10.1. The van der Waals surface area contributed by atoms with E-state index in [1.165, 1.54) is 0 Å². The molecule has 1 atom stereocenters. The van der Waals surface area contributed by atoms with Gasteiger partial charge in [0.25, 0.3) is 0 Å². The molecule has 0 bridgehead atoms. The van der Waals surface area contributed by atoms with Crippen molar-refractivity contribution in [3.63, 3.8) is 0 Å². The second-order valence-corrected chi connectivity index (χ2v) is 4.07. The highest BCUT2D eigenvalue weighted by atomic mass is 16.3. The molecule has 86 valence electrons. The third-order valence-corrected chi connectivity index (χ3v) is 2.98. The van der Waals surface area contributed by atoms with E-state index in [-0.39, 0.29) is 11.7 Å². The Hall–Kier alpha value is -1.55. The largest absolute Gasteiger partial charge is 0.508 e. The Bertz CT molecular complexity index is 417. The fourth-order valence-electron chi connectivity index (χ4n) is 1.99. The van der Waals surface area contributed by atoms with Crippen LogP contribution in [0.1, 0.15) is 18.9 Å². The summed E-state index contributed by atoms with van der Waals surface area (Å²) in [5, 5.41) is 9.35. The van der Waals surface area contributed by atoms with Crippen LogP contribution in [0.25, 0.3) is 0 Å². The number of phenols is 1. The molecule has 1 aliphatic rings. The van der Waals surface area contributed by atoms with Crippen molar-refractivity contribution in [1.82, 2.24) is 0 Å². The third kappa shape index (κ3) is 1.76. The normalized spacial score (nSPS) is 16.0. The summed E-state index contributed by atoms with van der Waals surface area (Å²) in [5.41, 5.74) is 7.63. The number of carbonyl (C=O) groups excluding carboxylic acids is 1. The Morgan fingerprint density at radius 1 is 1.62 bits per heavy atom. The van der Waals surface area contributed by atoms with Gasteiger partial charge in [0.2, 0.25) is 5.91 Å². The molecule has 1 heterocycles. The number of aromatic hydroxyl groups is 1. The standard InChI is InChI=1S/C12H16N2O2/c1-2-10(13)12(16)14-6-5-8-7-9(15)3-4-11(8)14/h3-4,7,10,15H,2,5-6,13H2,1H3/t10-/m0/s1. The summed E-state index contributed by atoms with van der Waals surface area (Å²) in [7, 11) is 0. The first-order valence-electron chi connectivity index (χ1n) is 5.52. The molecule has 4 nitrogen and oxygen atoms in total. The van der Waals surface area contributed by atoms with Gasteiger partial charge in [0.05, 0.1) is 6.04 Å². The van der Waals surface area contributed by atoms with Gasteiger partial charge >= 0.3 is 0 Å². The van der Waals surface area contributed by atoms with Gasteiger partial charge in [0.1, 0.15) is 5.75 Å². The molecule has 3 N–H and O–H groups in total. The number of benzene rings is 1. The van der Waals surface area contributed by atoms with Gasteiger partial charge in [0, 0.05) is 12.2 Å². The van der Waals surface area contributed by atoms with Crippen LogP contribution < -0.4 is 10.6 Å². The number of nitrogens with zero attached hydrogens (tertiary/aromatic N) is 1. The number of nitrogens with two attached hydrogens (primary N) is 1. The minimum atomic E-state index is -0.431. The quantitative estimate of drug-likeness (QED) is 0.782. The Labute approximate surface area is 94.7 Å². The summed E-state index contributed by atoms with van der Waals surface area (Å²) in [6.45, 7) is 2.56. The van der Waals surface area contributed by atoms with E-state index in [2.05, 4.69) is 0 Å². The van der Waals surface area contributed by atoms with Crippen molar-refractivity contribution >= 4 is 11.6 Å². The monoisotopic (exact) mass is 220 g/mol. The highest BCUT2D eigenvalue weighted by Crippen LogP contribution is 2.31. The van der Waals surface area contributed by atoms with Crippen LogP contribution in [0.15, 0.2) is 18.2 Å². The first kappa shape index (κ1) is 11.0. The molecule has 0 saturated carbocycles. The zero-order chi connectivity index (χ0) is 11.7. The molecule has 1 amide bonds. The van der Waals surface area contributed by atoms with Crippen molar-refractivity contribution in [3.05, 3.63) is 23.8 Å². The van der Waals surface area contributed by atoms with Crippen molar-refractivity contribution in [3.8, 4) is 5.75 Å². The molecule has 0 aromatic heterocycles. The van der Waals surface area contributed by atoms with Crippen LogP contribution in [0.5, 0.6) is 5.75 Å². The molecule has 0 spiro atoms. The summed E-state index contributed by atoms with van der Waals surface area (Å²) < 4.78 is 0. The molecule has 0 unspecified atom stereocenters. The lowest BCUT2D eigenvalue weighted by Gasteiger charge is -2.20. The van der Waals surface area contributed by atoms with E-state index in [1.807, 2.05) is 6.92 Å². The Balaban J connectivity index is 2.27. The van der Waals surface area contributed by atoms with Crippen LogP contribution in [0.2, 0.25) is 0 Å². The average Bonchev–Trinajstić information content (AvgIpc) is 2.69. The van der Waals surface area contributed by atoms with Crippen molar-refractivity contribution in [2.45, 2.75) is 25.8 Å². The van der Waals surface area contributed by atoms with Gasteiger partial charge < -0.3 is 15.7 Å². The van der Waals surface area contributed by atoms with Crippen LogP contribution in [0.4, 0.5) is 5.69 Å². The first-order valence-corrected chi connectivity index (χ1v) is 5.52. The lowest BCUT2D eigenvalue weighted by molar-refractivity contribution is -0.119. The predicted molar refractivity (Wildman–Crippen MR) is 62.4 cm³/mol. The number of amides is 1. The predicted octanol–water partition coefficient (Wildman–Crippen LogP) is 1.02. The van der Waals surface area contributed by atoms with Crippen LogP contribution in [-0.4, -0.2) is 23.6 Å². The highest BCUT2D eigenvalue weighted by molar-refractivity contribution is 5.98. The minimum absolute atomic E-state index is 0.0352. The molecule has 4 heteroatoms. The van der Waals surface area contributed by atoms with E-state index in [0.717, 1.165) is 17.7 Å². The van der Waals surface area contributed by atoms with E-state index in [0.29, 0.717) is 13.0 Å². The van der Waals surface area contributed by atoms with Crippen LogP contribution in [-0.2, 0) is 11.2 Å². The van der Waals surface area contributed by atoms with Gasteiger partial charge in [-0.05, 0) is 36.6 Å². The summed E-state index contributed by atoms with van der Waals surface area (Å²) >= 11 is 0. The molecule has 1 aliphatic heterocycles. The van der Waals surface area contributed by atoms with Gasteiger partial charge in [-0.1, -0.05) is 6.92 Å². The number of hydrogen-bond donors (Lipinski definition) is 2. The maximum atomic E-state index is 12.0. The maximum absolute atomic E-state index is 12.0. The van der Waals surface area contributed by atoms with Gasteiger partial charge in [-0.25, -0.2) is 0 Å². The summed E-state index contributed by atoms with van der Waals surface area (Å²) in [5.74, 6) is 0.208. The summed E-state index contributed by atoms with van der Waals surface area (Å²) in [6, 6.07) is 4.65. The molecule has 2 rings (SSSR count). The Kier molecular flexibility index (Phi) is 2.83. The molecule has 1 aromatic rings. The molecule has 0 saturated heterocycles. The van der Waals surface area contributed by atoms with Crippen LogP contribution in [0.3, 0.4) is 0 Å². The molecule has 0 aliphatic carbocycles. The SMILES string of the molecule is CC[C@H](N)C(=O)N1CCc2cc(O)ccc21. The first-order chi connectivity index (χ1) is 7.63. The second kappa shape index (κ2) is 4.14. The highest BCUT2D eigenvalue weighted by Gasteiger charge is 2.27. The zero-order valence-electron chi connectivity index (χ0n) is 9.31. The molecule has 0 fully saturated rings. The van der Waals surface area contributed by atoms with Gasteiger partial charge in [0.15, 0.2) is 0 Å². The van der Waals surface area contributed by atoms with E-state index in [9.17, 15) is 9.90 Å². The molecule has 16 heavy (non-hydrogen) atoms. The topological polar surface area (TPSA) is 66.6 Å². The third-order valence-electron chi connectivity index (χ3n) is 2.98. The van der Waals surface area contributed by atoms with Crippen molar-refractivity contribution in [2.75, 3.05) is 11.4 Å². The number of anilines is 1. The van der Waals surface area contributed by atoms with Crippen molar-refractivity contribution in [2.24, 2.45) is 5.73 Å². The van der Waals surface area contributed by atoms with Gasteiger partial charge in [-0.3, -0.25) is 4.79 Å². The van der Waals surface area contributed by atoms with E-state index < -0.39 is 6.04 Å².